The largest absolute Gasteiger partial charge is 0.417 e. The van der Waals surface area contributed by atoms with Crippen molar-refractivity contribution in [3.8, 4) is 0 Å². The summed E-state index contributed by atoms with van der Waals surface area (Å²) in [6.45, 7) is 0. The van der Waals surface area contributed by atoms with E-state index < -0.39 is 24.2 Å². The second kappa shape index (κ2) is 4.73. The van der Waals surface area contributed by atoms with Gasteiger partial charge in [-0.3, -0.25) is 4.98 Å². The lowest BCUT2D eigenvalue weighted by molar-refractivity contribution is -0.137. The predicted octanol–water partition coefficient (Wildman–Crippen LogP) is 2.63. The van der Waals surface area contributed by atoms with Crippen molar-refractivity contribution in [2.24, 2.45) is 0 Å². The maximum Gasteiger partial charge on any atom is 0.417 e. The number of nitrogens with zero attached hydrogens (tertiary/aromatic N) is 1. The van der Waals surface area contributed by atoms with Crippen molar-refractivity contribution < 1.29 is 22.0 Å². The molecule has 0 saturated carbocycles. The van der Waals surface area contributed by atoms with Gasteiger partial charge in [0.05, 0.1) is 11.3 Å². The summed E-state index contributed by atoms with van der Waals surface area (Å²) in [5.41, 5.74) is -1.08. The van der Waals surface area contributed by atoms with Crippen molar-refractivity contribution in [3.05, 3.63) is 29.6 Å². The summed E-state index contributed by atoms with van der Waals surface area (Å²) in [5.74, 6) is 0. The van der Waals surface area contributed by atoms with E-state index in [0.29, 0.717) is 6.20 Å². The van der Waals surface area contributed by atoms with Crippen molar-refractivity contribution in [1.82, 2.24) is 10.3 Å². The van der Waals surface area contributed by atoms with Crippen LogP contribution < -0.4 is 5.32 Å². The summed E-state index contributed by atoms with van der Waals surface area (Å²) in [4.78, 5) is 3.38. The van der Waals surface area contributed by atoms with Gasteiger partial charge in [-0.2, -0.15) is 13.2 Å². The first-order valence-electron chi connectivity index (χ1n) is 4.35. The Hall–Kier alpha value is -1.24. The normalized spacial score (nSPS) is 14.2. The molecule has 0 amide bonds. The zero-order valence-corrected chi connectivity index (χ0v) is 8.22. The van der Waals surface area contributed by atoms with Gasteiger partial charge in [-0.15, -0.1) is 0 Å². The van der Waals surface area contributed by atoms with E-state index in [1.807, 2.05) is 0 Å². The molecule has 1 N–H and O–H groups in total. The fourth-order valence-electron chi connectivity index (χ4n) is 1.16. The van der Waals surface area contributed by atoms with E-state index in [9.17, 15) is 22.0 Å². The molecule has 1 unspecified atom stereocenters. The van der Waals surface area contributed by atoms with Crippen molar-refractivity contribution in [2.75, 3.05) is 7.05 Å². The van der Waals surface area contributed by atoms with Gasteiger partial charge in [0.15, 0.2) is 0 Å². The van der Waals surface area contributed by atoms with Crippen molar-refractivity contribution in [2.45, 2.75) is 18.6 Å². The number of halogens is 5. The van der Waals surface area contributed by atoms with Gasteiger partial charge in [-0.05, 0) is 19.2 Å². The van der Waals surface area contributed by atoms with Crippen LogP contribution in [0.15, 0.2) is 18.3 Å². The second-order valence-electron chi connectivity index (χ2n) is 3.07. The molecule has 0 aliphatic rings. The summed E-state index contributed by atoms with van der Waals surface area (Å²) in [6.07, 6.45) is -6.69. The highest BCUT2D eigenvalue weighted by Crippen LogP contribution is 2.29. The Morgan fingerprint density at radius 2 is 1.88 bits per heavy atom. The first-order valence-corrected chi connectivity index (χ1v) is 4.35. The molecular weight excluding hydrogens is 231 g/mol. The number of rotatable bonds is 3. The molecule has 1 aromatic heterocycles. The Balaban J connectivity index is 2.94. The van der Waals surface area contributed by atoms with Crippen LogP contribution in [0.1, 0.15) is 17.3 Å². The van der Waals surface area contributed by atoms with Gasteiger partial charge in [0, 0.05) is 6.20 Å². The van der Waals surface area contributed by atoms with Gasteiger partial charge in [0.2, 0.25) is 0 Å². The third kappa shape index (κ3) is 2.88. The van der Waals surface area contributed by atoms with Gasteiger partial charge in [0.1, 0.15) is 6.04 Å². The topological polar surface area (TPSA) is 24.9 Å². The van der Waals surface area contributed by atoms with Crippen molar-refractivity contribution in [1.29, 1.82) is 0 Å². The summed E-state index contributed by atoms with van der Waals surface area (Å²) in [7, 11) is 1.29. The number of hydrogen-bond donors (Lipinski definition) is 1. The molecule has 1 heterocycles. The number of pyridine rings is 1. The lowest BCUT2D eigenvalue weighted by Gasteiger charge is -2.15. The molecule has 1 aromatic rings. The maximum atomic E-state index is 12.4. The number of aromatic nitrogens is 1. The molecule has 0 bridgehead atoms. The molecule has 2 nitrogen and oxygen atoms in total. The van der Waals surface area contributed by atoms with Gasteiger partial charge < -0.3 is 5.32 Å². The molecule has 1 rings (SSSR count). The average Bonchev–Trinajstić information content (AvgIpc) is 2.17. The SMILES string of the molecule is CNC(c1ccc(C(F)(F)F)cn1)C(F)F. The van der Waals surface area contributed by atoms with Crippen LogP contribution in [0.25, 0.3) is 0 Å². The number of nitrogens with one attached hydrogen (secondary N) is 1. The van der Waals surface area contributed by atoms with Crippen LogP contribution >= 0.6 is 0 Å². The minimum atomic E-state index is -4.51. The van der Waals surface area contributed by atoms with Gasteiger partial charge in [-0.1, -0.05) is 0 Å². The minimum Gasteiger partial charge on any atom is -0.307 e. The van der Waals surface area contributed by atoms with Crippen LogP contribution in [0.3, 0.4) is 0 Å². The highest BCUT2D eigenvalue weighted by atomic mass is 19.4. The molecule has 0 aliphatic carbocycles. The van der Waals surface area contributed by atoms with E-state index >= 15 is 0 Å². The highest BCUT2D eigenvalue weighted by molar-refractivity contribution is 5.19. The molecule has 0 fully saturated rings. The third-order valence-electron chi connectivity index (χ3n) is 2.00. The highest BCUT2D eigenvalue weighted by Gasteiger charge is 2.31. The summed E-state index contributed by atoms with van der Waals surface area (Å²) < 4.78 is 61.3. The summed E-state index contributed by atoms with van der Waals surface area (Å²) >= 11 is 0. The lowest BCUT2D eigenvalue weighted by atomic mass is 10.1. The van der Waals surface area contributed by atoms with Gasteiger partial charge in [0.25, 0.3) is 6.43 Å². The molecule has 90 valence electrons. The van der Waals surface area contributed by atoms with E-state index in [2.05, 4.69) is 10.3 Å². The van der Waals surface area contributed by atoms with E-state index in [0.717, 1.165) is 12.1 Å². The molecule has 0 saturated heterocycles. The van der Waals surface area contributed by atoms with Gasteiger partial charge in [-0.25, -0.2) is 8.78 Å². The lowest BCUT2D eigenvalue weighted by Crippen LogP contribution is -2.24. The fourth-order valence-corrected chi connectivity index (χ4v) is 1.16. The smallest absolute Gasteiger partial charge is 0.307 e. The fraction of sp³-hybridized carbons (Fsp3) is 0.444. The molecule has 0 spiro atoms. The van der Waals surface area contributed by atoms with Crippen molar-refractivity contribution >= 4 is 0 Å². The Morgan fingerprint density at radius 3 is 2.19 bits per heavy atom. The standard InChI is InChI=1S/C9H9F5N2/c1-15-7(8(10)11)6-3-2-5(4-16-6)9(12,13)14/h2-4,7-8,15H,1H3. The maximum absolute atomic E-state index is 12.4. The molecule has 1 atom stereocenters. The quantitative estimate of drug-likeness (QED) is 0.821. The Labute approximate surface area is 88.5 Å². The first-order chi connectivity index (χ1) is 7.36. The van der Waals surface area contributed by atoms with Crippen LogP contribution in [0, 0.1) is 0 Å². The van der Waals surface area contributed by atoms with Gasteiger partial charge >= 0.3 is 6.18 Å². The number of alkyl halides is 5. The van der Waals surface area contributed by atoms with Crippen LogP contribution in [-0.2, 0) is 6.18 Å². The zero-order chi connectivity index (χ0) is 12.3. The minimum absolute atomic E-state index is 0.120. The zero-order valence-electron chi connectivity index (χ0n) is 8.22. The number of hydrogen-bond acceptors (Lipinski definition) is 2. The van der Waals surface area contributed by atoms with Crippen LogP contribution in [-0.4, -0.2) is 18.5 Å². The molecule has 16 heavy (non-hydrogen) atoms. The van der Waals surface area contributed by atoms with Crippen LogP contribution in [0.4, 0.5) is 22.0 Å². The van der Waals surface area contributed by atoms with E-state index in [4.69, 9.17) is 0 Å². The van der Waals surface area contributed by atoms with E-state index in [-0.39, 0.29) is 5.69 Å². The third-order valence-corrected chi connectivity index (χ3v) is 2.00. The Kier molecular flexibility index (Phi) is 3.79. The predicted molar refractivity (Wildman–Crippen MR) is 47.0 cm³/mol. The average molecular weight is 240 g/mol. The van der Waals surface area contributed by atoms with E-state index in [1.54, 1.807) is 0 Å². The second-order valence-corrected chi connectivity index (χ2v) is 3.07. The molecular formula is C9H9F5N2. The molecule has 0 aromatic carbocycles. The van der Waals surface area contributed by atoms with Crippen LogP contribution in [0.2, 0.25) is 0 Å². The summed E-state index contributed by atoms with van der Waals surface area (Å²) in [6, 6.07) is 0.313. The van der Waals surface area contributed by atoms with Crippen molar-refractivity contribution in [3.63, 3.8) is 0 Å². The Bertz CT molecular complexity index is 333. The molecule has 0 aliphatic heterocycles. The summed E-state index contributed by atoms with van der Waals surface area (Å²) in [5, 5.41) is 2.28. The molecule has 7 heteroatoms. The van der Waals surface area contributed by atoms with Crippen LogP contribution in [0.5, 0.6) is 0 Å². The molecule has 0 radical (unpaired) electrons. The Morgan fingerprint density at radius 1 is 1.25 bits per heavy atom. The van der Waals surface area contributed by atoms with E-state index in [1.165, 1.54) is 7.05 Å². The first kappa shape index (κ1) is 12.8. The monoisotopic (exact) mass is 240 g/mol.